The third-order valence-electron chi connectivity index (χ3n) is 3.31. The largest absolute Gasteiger partial charge is 0.389 e. The molecule has 1 aliphatic heterocycles. The molecule has 0 aromatic heterocycles. The van der Waals surface area contributed by atoms with Crippen molar-refractivity contribution in [3.05, 3.63) is 33.8 Å². The van der Waals surface area contributed by atoms with Gasteiger partial charge in [0.1, 0.15) is 0 Å². The number of rotatable bonds is 2. The van der Waals surface area contributed by atoms with Gasteiger partial charge >= 0.3 is 0 Å². The van der Waals surface area contributed by atoms with Gasteiger partial charge in [0, 0.05) is 6.42 Å². The molecule has 1 aromatic rings. The summed E-state index contributed by atoms with van der Waals surface area (Å²) in [6.45, 7) is 1.83. The van der Waals surface area contributed by atoms with E-state index in [4.69, 9.17) is 23.2 Å². The Hall–Kier alpha value is -0.280. The predicted octanol–water partition coefficient (Wildman–Crippen LogP) is 3.04. The second-order valence-corrected chi connectivity index (χ2v) is 5.50. The van der Waals surface area contributed by atoms with E-state index in [1.807, 2.05) is 12.1 Å². The third kappa shape index (κ3) is 3.35. The van der Waals surface area contributed by atoms with Gasteiger partial charge in [-0.3, -0.25) is 0 Å². The fraction of sp³-hybridized carbons (Fsp3) is 0.538. The van der Waals surface area contributed by atoms with Gasteiger partial charge in [-0.2, -0.15) is 0 Å². The van der Waals surface area contributed by atoms with Crippen molar-refractivity contribution in [3.63, 3.8) is 0 Å². The monoisotopic (exact) mass is 273 g/mol. The quantitative estimate of drug-likeness (QED) is 0.868. The maximum Gasteiger partial charge on any atom is 0.0701 e. The van der Waals surface area contributed by atoms with E-state index in [9.17, 15) is 5.11 Å². The summed E-state index contributed by atoms with van der Waals surface area (Å²) in [7, 11) is 0. The molecule has 1 atom stereocenters. The van der Waals surface area contributed by atoms with E-state index in [1.54, 1.807) is 6.07 Å². The first-order valence-corrected chi connectivity index (χ1v) is 6.72. The SMILES string of the molecule is OC1(Cc2cccc(Cl)c2Cl)CCCNCC1. The molecule has 0 spiro atoms. The zero-order valence-corrected chi connectivity index (χ0v) is 11.2. The van der Waals surface area contributed by atoms with Crippen molar-refractivity contribution < 1.29 is 5.11 Å². The van der Waals surface area contributed by atoms with Crippen LogP contribution in [0.2, 0.25) is 10.0 Å². The van der Waals surface area contributed by atoms with Gasteiger partial charge in [0.05, 0.1) is 15.6 Å². The minimum Gasteiger partial charge on any atom is -0.389 e. The van der Waals surface area contributed by atoms with Crippen LogP contribution < -0.4 is 5.32 Å². The summed E-state index contributed by atoms with van der Waals surface area (Å²) in [5.41, 5.74) is 0.279. The lowest BCUT2D eigenvalue weighted by atomic mass is 9.88. The van der Waals surface area contributed by atoms with Gasteiger partial charge in [-0.25, -0.2) is 0 Å². The van der Waals surface area contributed by atoms with E-state index in [1.165, 1.54) is 0 Å². The number of hydrogen-bond donors (Lipinski definition) is 2. The van der Waals surface area contributed by atoms with Crippen LogP contribution in [0.3, 0.4) is 0 Å². The van der Waals surface area contributed by atoms with Gasteiger partial charge in [0.15, 0.2) is 0 Å². The Morgan fingerprint density at radius 3 is 2.88 bits per heavy atom. The lowest BCUT2D eigenvalue weighted by molar-refractivity contribution is 0.0285. The molecule has 2 nitrogen and oxygen atoms in total. The molecule has 4 heteroatoms. The van der Waals surface area contributed by atoms with E-state index in [-0.39, 0.29) is 0 Å². The molecule has 1 aliphatic rings. The van der Waals surface area contributed by atoms with E-state index < -0.39 is 5.60 Å². The van der Waals surface area contributed by atoms with E-state index in [0.29, 0.717) is 16.5 Å². The predicted molar refractivity (Wildman–Crippen MR) is 71.8 cm³/mol. The van der Waals surface area contributed by atoms with Crippen LogP contribution >= 0.6 is 23.2 Å². The van der Waals surface area contributed by atoms with Gasteiger partial charge in [-0.15, -0.1) is 0 Å². The molecular formula is C13H17Cl2NO. The molecule has 0 radical (unpaired) electrons. The number of nitrogens with one attached hydrogen (secondary N) is 1. The number of halogens is 2. The van der Waals surface area contributed by atoms with Crippen molar-refractivity contribution in [1.29, 1.82) is 0 Å². The molecule has 1 unspecified atom stereocenters. The molecular weight excluding hydrogens is 257 g/mol. The van der Waals surface area contributed by atoms with Crippen molar-refractivity contribution in [2.45, 2.75) is 31.3 Å². The summed E-state index contributed by atoms with van der Waals surface area (Å²) < 4.78 is 0. The van der Waals surface area contributed by atoms with Crippen molar-refractivity contribution in [2.75, 3.05) is 13.1 Å². The van der Waals surface area contributed by atoms with Crippen LogP contribution in [-0.2, 0) is 6.42 Å². The van der Waals surface area contributed by atoms with Gasteiger partial charge < -0.3 is 10.4 Å². The minimum atomic E-state index is -0.655. The van der Waals surface area contributed by atoms with E-state index in [2.05, 4.69) is 5.32 Å². The molecule has 1 aromatic carbocycles. The second kappa shape index (κ2) is 5.57. The molecule has 0 aliphatic carbocycles. The highest BCUT2D eigenvalue weighted by molar-refractivity contribution is 6.42. The molecule has 0 amide bonds. The first-order chi connectivity index (χ1) is 8.11. The Morgan fingerprint density at radius 1 is 1.24 bits per heavy atom. The zero-order chi connectivity index (χ0) is 12.3. The van der Waals surface area contributed by atoms with Crippen LogP contribution in [-0.4, -0.2) is 23.8 Å². The number of hydrogen-bond acceptors (Lipinski definition) is 2. The van der Waals surface area contributed by atoms with Crippen LogP contribution in [0, 0.1) is 0 Å². The maximum atomic E-state index is 10.6. The molecule has 94 valence electrons. The summed E-state index contributed by atoms with van der Waals surface area (Å²) in [5, 5.41) is 15.0. The smallest absolute Gasteiger partial charge is 0.0701 e. The van der Waals surface area contributed by atoms with Gasteiger partial charge in [-0.05, 0) is 44.0 Å². The number of aliphatic hydroxyl groups is 1. The Kier molecular flexibility index (Phi) is 4.31. The minimum absolute atomic E-state index is 0.555. The van der Waals surface area contributed by atoms with Crippen molar-refractivity contribution in [1.82, 2.24) is 5.32 Å². The summed E-state index contributed by atoms with van der Waals surface area (Å²) in [4.78, 5) is 0. The molecule has 1 heterocycles. The summed E-state index contributed by atoms with van der Waals surface area (Å²) in [6, 6.07) is 5.58. The van der Waals surface area contributed by atoms with Crippen molar-refractivity contribution in [2.24, 2.45) is 0 Å². The molecule has 2 rings (SSSR count). The highest BCUT2D eigenvalue weighted by atomic mass is 35.5. The highest BCUT2D eigenvalue weighted by Crippen LogP contribution is 2.31. The van der Waals surface area contributed by atoms with Gasteiger partial charge in [0.25, 0.3) is 0 Å². The maximum absolute atomic E-state index is 10.6. The van der Waals surface area contributed by atoms with Crippen LogP contribution in [0.4, 0.5) is 0 Å². The zero-order valence-electron chi connectivity index (χ0n) is 9.68. The summed E-state index contributed by atoms with van der Waals surface area (Å²) in [5.74, 6) is 0. The van der Waals surface area contributed by atoms with Crippen molar-refractivity contribution in [3.8, 4) is 0 Å². The first-order valence-electron chi connectivity index (χ1n) is 5.97. The molecule has 1 saturated heterocycles. The molecule has 2 N–H and O–H groups in total. The van der Waals surface area contributed by atoms with E-state index in [0.717, 1.165) is 37.9 Å². The Labute approximate surface area is 112 Å². The van der Waals surface area contributed by atoms with Gasteiger partial charge in [0.2, 0.25) is 0 Å². The van der Waals surface area contributed by atoms with Crippen LogP contribution in [0.5, 0.6) is 0 Å². The Balaban J connectivity index is 2.15. The second-order valence-electron chi connectivity index (χ2n) is 4.72. The van der Waals surface area contributed by atoms with Crippen molar-refractivity contribution >= 4 is 23.2 Å². The van der Waals surface area contributed by atoms with Crippen LogP contribution in [0.1, 0.15) is 24.8 Å². The summed E-state index contributed by atoms with van der Waals surface area (Å²) >= 11 is 12.1. The molecule has 17 heavy (non-hydrogen) atoms. The molecule has 1 fully saturated rings. The topological polar surface area (TPSA) is 32.3 Å². The average Bonchev–Trinajstić information content (AvgIpc) is 2.50. The average molecular weight is 274 g/mol. The standard InChI is InChI=1S/C13H17Cl2NO/c14-11-4-1-3-10(12(11)15)9-13(17)5-2-7-16-8-6-13/h1,3-4,16-17H,2,5-9H2. The van der Waals surface area contributed by atoms with E-state index >= 15 is 0 Å². The lowest BCUT2D eigenvalue weighted by Crippen LogP contribution is -2.32. The summed E-state index contributed by atoms with van der Waals surface area (Å²) in [6.07, 6.45) is 3.14. The number of benzene rings is 1. The Morgan fingerprint density at radius 2 is 2.06 bits per heavy atom. The lowest BCUT2D eigenvalue weighted by Gasteiger charge is -2.27. The molecule has 0 bridgehead atoms. The molecule has 0 saturated carbocycles. The first kappa shape index (κ1) is 13.2. The third-order valence-corrected chi connectivity index (χ3v) is 4.17. The highest BCUT2D eigenvalue weighted by Gasteiger charge is 2.29. The Bertz CT molecular complexity index is 387. The van der Waals surface area contributed by atoms with Crippen LogP contribution in [0.25, 0.3) is 0 Å². The fourth-order valence-electron chi connectivity index (χ4n) is 2.33. The van der Waals surface area contributed by atoms with Gasteiger partial charge in [-0.1, -0.05) is 35.3 Å². The fourth-order valence-corrected chi connectivity index (χ4v) is 2.72. The normalized spacial score (nSPS) is 25.6. The van der Waals surface area contributed by atoms with Crippen LogP contribution in [0.15, 0.2) is 18.2 Å².